The Morgan fingerprint density at radius 1 is 1.23 bits per heavy atom. The summed E-state index contributed by atoms with van der Waals surface area (Å²) in [6, 6.07) is 12.9. The van der Waals surface area contributed by atoms with E-state index >= 15 is 0 Å². The fourth-order valence-electron chi connectivity index (χ4n) is 1.98. The second-order valence-electron chi connectivity index (χ2n) is 4.97. The maximum Gasteiger partial charge on any atom is 0.270 e. The number of nitro benzene ring substituents is 1. The molecule has 0 saturated carbocycles. The summed E-state index contributed by atoms with van der Waals surface area (Å²) in [7, 11) is 0. The molecule has 9 nitrogen and oxygen atoms in total. The highest BCUT2D eigenvalue weighted by atomic mass is 16.6. The third-order valence-corrected chi connectivity index (χ3v) is 3.34. The fraction of sp³-hybridized carbons (Fsp3) is 0.0588. The number of hydrogen-bond donors (Lipinski definition) is 2. The van der Waals surface area contributed by atoms with Crippen LogP contribution in [0.1, 0.15) is 21.5 Å². The molecule has 2 N–H and O–H groups in total. The van der Waals surface area contributed by atoms with Crippen molar-refractivity contribution in [3.8, 4) is 12.1 Å². The number of hydrazone groups is 1. The molecule has 26 heavy (non-hydrogen) atoms. The Morgan fingerprint density at radius 2 is 1.92 bits per heavy atom. The summed E-state index contributed by atoms with van der Waals surface area (Å²) in [5.41, 5.74) is 2.57. The summed E-state index contributed by atoms with van der Waals surface area (Å²) in [6.07, 6.45) is 0. The molecule has 0 spiro atoms. The standard InChI is InChI=1S/C17H11N5O4/c18-8-13-7-14(22(25)26)5-6-15(13)20-21-16(9-19)17(24)12-3-1-11(10-23)2-4-12/h1-7,20,23H,10H2. The third kappa shape index (κ3) is 4.06. The lowest BCUT2D eigenvalue weighted by molar-refractivity contribution is -0.384. The minimum Gasteiger partial charge on any atom is -0.392 e. The van der Waals surface area contributed by atoms with Crippen LogP contribution in [0.15, 0.2) is 47.6 Å². The van der Waals surface area contributed by atoms with E-state index in [1.165, 1.54) is 24.3 Å². The first-order valence-electron chi connectivity index (χ1n) is 7.17. The average Bonchev–Trinajstić information content (AvgIpc) is 2.68. The number of non-ortho nitro benzene ring substituents is 1. The van der Waals surface area contributed by atoms with Crippen LogP contribution in [0, 0.1) is 32.8 Å². The van der Waals surface area contributed by atoms with Crippen LogP contribution in [0.2, 0.25) is 0 Å². The van der Waals surface area contributed by atoms with Gasteiger partial charge in [0.2, 0.25) is 11.5 Å². The van der Waals surface area contributed by atoms with Crippen molar-refractivity contribution in [1.82, 2.24) is 0 Å². The van der Waals surface area contributed by atoms with Crippen molar-refractivity contribution in [2.45, 2.75) is 6.61 Å². The molecule has 0 radical (unpaired) electrons. The highest BCUT2D eigenvalue weighted by Crippen LogP contribution is 2.21. The van der Waals surface area contributed by atoms with Gasteiger partial charge in [0.1, 0.15) is 12.1 Å². The summed E-state index contributed by atoms with van der Waals surface area (Å²) >= 11 is 0. The summed E-state index contributed by atoms with van der Waals surface area (Å²) in [4.78, 5) is 22.4. The van der Waals surface area contributed by atoms with Crippen molar-refractivity contribution in [2.24, 2.45) is 5.10 Å². The van der Waals surface area contributed by atoms with Gasteiger partial charge in [-0.05, 0) is 11.6 Å². The van der Waals surface area contributed by atoms with Crippen molar-refractivity contribution in [3.05, 3.63) is 69.3 Å². The molecular formula is C17H11N5O4. The van der Waals surface area contributed by atoms with Crippen LogP contribution < -0.4 is 5.43 Å². The SMILES string of the molecule is N#CC(=NNc1ccc([N+](=O)[O-])cc1C#N)C(=O)c1ccc(CO)cc1. The molecule has 0 unspecified atom stereocenters. The number of ketones is 1. The van der Waals surface area contributed by atoms with E-state index < -0.39 is 16.4 Å². The zero-order chi connectivity index (χ0) is 19.1. The van der Waals surface area contributed by atoms with E-state index in [0.717, 1.165) is 6.07 Å². The number of carbonyl (C=O) groups is 1. The number of benzene rings is 2. The smallest absolute Gasteiger partial charge is 0.270 e. The van der Waals surface area contributed by atoms with Crippen LogP contribution in [0.4, 0.5) is 11.4 Å². The Morgan fingerprint density at radius 3 is 2.46 bits per heavy atom. The Hall–Kier alpha value is -4.08. The molecule has 2 aromatic rings. The Bertz CT molecular complexity index is 968. The number of carbonyl (C=O) groups excluding carboxylic acids is 1. The normalized spacial score (nSPS) is 10.5. The number of aliphatic hydroxyl groups is 1. The highest BCUT2D eigenvalue weighted by molar-refractivity contribution is 6.51. The second-order valence-corrected chi connectivity index (χ2v) is 4.97. The van der Waals surface area contributed by atoms with E-state index in [0.29, 0.717) is 5.56 Å². The lowest BCUT2D eigenvalue weighted by Gasteiger charge is -2.04. The molecular weight excluding hydrogens is 338 g/mol. The van der Waals surface area contributed by atoms with Gasteiger partial charge in [-0.1, -0.05) is 24.3 Å². The lowest BCUT2D eigenvalue weighted by atomic mass is 10.1. The highest BCUT2D eigenvalue weighted by Gasteiger charge is 2.15. The molecule has 0 heterocycles. The van der Waals surface area contributed by atoms with E-state index in [4.69, 9.17) is 15.6 Å². The van der Waals surface area contributed by atoms with Crippen LogP contribution >= 0.6 is 0 Å². The number of aliphatic hydroxyl groups excluding tert-OH is 1. The molecule has 0 saturated heterocycles. The number of nitrogens with one attached hydrogen (secondary N) is 1. The molecule has 0 atom stereocenters. The molecule has 2 rings (SSSR count). The van der Waals surface area contributed by atoms with Gasteiger partial charge >= 0.3 is 0 Å². The number of nitrogens with zero attached hydrogens (tertiary/aromatic N) is 4. The lowest BCUT2D eigenvalue weighted by Crippen LogP contribution is -2.14. The van der Waals surface area contributed by atoms with Crippen LogP contribution in [0.5, 0.6) is 0 Å². The van der Waals surface area contributed by atoms with Gasteiger partial charge in [-0.2, -0.15) is 15.6 Å². The first-order chi connectivity index (χ1) is 12.5. The van der Waals surface area contributed by atoms with Crippen LogP contribution in [0.3, 0.4) is 0 Å². The zero-order valence-electron chi connectivity index (χ0n) is 13.2. The topological polar surface area (TPSA) is 152 Å². The molecule has 0 aliphatic heterocycles. The summed E-state index contributed by atoms with van der Waals surface area (Å²) in [6.45, 7) is -0.174. The molecule has 128 valence electrons. The number of hydrogen-bond acceptors (Lipinski definition) is 8. The molecule has 0 fully saturated rings. The Kier molecular flexibility index (Phi) is 5.72. The van der Waals surface area contributed by atoms with Gasteiger partial charge in [-0.25, -0.2) is 0 Å². The first kappa shape index (κ1) is 18.3. The van der Waals surface area contributed by atoms with Gasteiger partial charge in [-0.3, -0.25) is 20.3 Å². The third-order valence-electron chi connectivity index (χ3n) is 3.34. The number of nitriles is 2. The number of nitro groups is 1. The molecule has 0 aliphatic carbocycles. The molecule has 2 aromatic carbocycles. The Labute approximate surface area is 147 Å². The van der Waals surface area contributed by atoms with Crippen molar-refractivity contribution in [3.63, 3.8) is 0 Å². The number of rotatable bonds is 6. The minimum atomic E-state index is -0.648. The average molecular weight is 349 g/mol. The first-order valence-corrected chi connectivity index (χ1v) is 7.17. The quantitative estimate of drug-likeness (QED) is 0.350. The number of anilines is 1. The fourth-order valence-corrected chi connectivity index (χ4v) is 1.98. The number of Topliss-reactive ketones (excluding diaryl/α,β-unsaturated/α-hetero) is 1. The summed E-state index contributed by atoms with van der Waals surface area (Å²) in [5.74, 6) is -0.648. The minimum absolute atomic E-state index is 0.0556. The van der Waals surface area contributed by atoms with E-state index in [1.807, 2.05) is 0 Å². The van der Waals surface area contributed by atoms with Crippen molar-refractivity contribution >= 4 is 22.9 Å². The van der Waals surface area contributed by atoms with E-state index in [1.54, 1.807) is 24.3 Å². The van der Waals surface area contributed by atoms with Crippen LogP contribution in [0.25, 0.3) is 0 Å². The second kappa shape index (κ2) is 8.15. The van der Waals surface area contributed by atoms with Gasteiger partial charge in [0.15, 0.2) is 0 Å². The van der Waals surface area contributed by atoms with Gasteiger partial charge in [0, 0.05) is 17.7 Å². The van der Waals surface area contributed by atoms with Gasteiger partial charge < -0.3 is 5.11 Å². The molecule has 0 aromatic heterocycles. The van der Waals surface area contributed by atoms with Crippen LogP contribution in [-0.2, 0) is 6.61 Å². The molecule has 0 bridgehead atoms. The molecule has 9 heteroatoms. The summed E-state index contributed by atoms with van der Waals surface area (Å²) < 4.78 is 0. The molecule has 0 amide bonds. The maximum absolute atomic E-state index is 12.3. The molecule has 0 aliphatic rings. The predicted molar refractivity (Wildman–Crippen MR) is 91.2 cm³/mol. The zero-order valence-corrected chi connectivity index (χ0v) is 13.2. The Balaban J connectivity index is 2.27. The maximum atomic E-state index is 12.3. The van der Waals surface area contributed by atoms with Crippen molar-refractivity contribution < 1.29 is 14.8 Å². The van der Waals surface area contributed by atoms with Crippen molar-refractivity contribution in [2.75, 3.05) is 5.43 Å². The summed E-state index contributed by atoms with van der Waals surface area (Å²) in [5, 5.41) is 41.6. The monoisotopic (exact) mass is 349 g/mol. The van der Waals surface area contributed by atoms with Gasteiger partial charge in [0.05, 0.1) is 22.8 Å². The van der Waals surface area contributed by atoms with Gasteiger partial charge in [-0.15, -0.1) is 0 Å². The largest absolute Gasteiger partial charge is 0.392 e. The van der Waals surface area contributed by atoms with E-state index in [9.17, 15) is 14.9 Å². The van der Waals surface area contributed by atoms with E-state index in [-0.39, 0.29) is 29.1 Å². The van der Waals surface area contributed by atoms with Crippen molar-refractivity contribution in [1.29, 1.82) is 10.5 Å². The van der Waals surface area contributed by atoms with Crippen LogP contribution in [-0.4, -0.2) is 21.5 Å². The predicted octanol–water partition coefficient (Wildman–Crippen LogP) is 2.13. The van der Waals surface area contributed by atoms with Gasteiger partial charge in [0.25, 0.3) is 5.69 Å². The van der Waals surface area contributed by atoms with E-state index in [2.05, 4.69) is 10.5 Å².